The number of anilines is 1. The number of hydrogen-bond acceptors (Lipinski definition) is 7. The summed E-state index contributed by atoms with van der Waals surface area (Å²) in [5, 5.41) is 22.5. The molecule has 0 saturated carbocycles. The number of nitriles is 1. The van der Waals surface area contributed by atoms with Crippen LogP contribution in [-0.2, 0) is 11.4 Å². The second kappa shape index (κ2) is 8.19. The first-order valence-electron chi connectivity index (χ1n) is 7.21. The van der Waals surface area contributed by atoms with E-state index in [4.69, 9.17) is 10.00 Å². The molecular formula is C17H12N4O2S2. The van der Waals surface area contributed by atoms with Crippen LogP contribution in [0.3, 0.4) is 0 Å². The molecule has 0 aliphatic carbocycles. The second-order valence-electron chi connectivity index (χ2n) is 4.74. The van der Waals surface area contributed by atoms with Crippen molar-refractivity contribution in [1.29, 1.82) is 5.26 Å². The van der Waals surface area contributed by atoms with Crippen molar-refractivity contribution in [2.45, 2.75) is 6.61 Å². The van der Waals surface area contributed by atoms with Crippen molar-refractivity contribution in [3.05, 3.63) is 63.3 Å². The van der Waals surface area contributed by atoms with Gasteiger partial charge in [0.25, 0.3) is 5.91 Å². The van der Waals surface area contributed by atoms with Crippen molar-refractivity contribution >= 4 is 39.8 Å². The molecule has 0 bridgehead atoms. The van der Waals surface area contributed by atoms with Gasteiger partial charge < -0.3 is 4.74 Å². The van der Waals surface area contributed by atoms with Crippen LogP contribution in [-0.4, -0.2) is 16.1 Å². The first-order valence-corrected chi connectivity index (χ1v) is 8.91. The van der Waals surface area contributed by atoms with Crippen LogP contribution < -0.4 is 10.1 Å². The third-order valence-electron chi connectivity index (χ3n) is 2.99. The van der Waals surface area contributed by atoms with E-state index in [1.807, 2.05) is 53.9 Å². The number of thiophene rings is 1. The Morgan fingerprint density at radius 1 is 1.24 bits per heavy atom. The van der Waals surface area contributed by atoms with E-state index in [-0.39, 0.29) is 12.2 Å². The van der Waals surface area contributed by atoms with E-state index in [0.717, 1.165) is 10.6 Å². The van der Waals surface area contributed by atoms with Crippen molar-refractivity contribution in [1.82, 2.24) is 10.2 Å². The molecule has 25 heavy (non-hydrogen) atoms. The van der Waals surface area contributed by atoms with Gasteiger partial charge in [-0.3, -0.25) is 10.1 Å². The quantitative estimate of drug-likeness (QED) is 0.529. The third-order valence-corrected chi connectivity index (χ3v) is 4.62. The second-order valence-corrected chi connectivity index (χ2v) is 6.78. The number of amides is 1. The van der Waals surface area contributed by atoms with E-state index < -0.39 is 5.91 Å². The van der Waals surface area contributed by atoms with Crippen LogP contribution in [0.5, 0.6) is 5.75 Å². The lowest BCUT2D eigenvalue weighted by atomic mass is 10.2. The van der Waals surface area contributed by atoms with E-state index in [2.05, 4.69) is 15.5 Å². The molecule has 2 aromatic heterocycles. The zero-order chi connectivity index (χ0) is 17.5. The van der Waals surface area contributed by atoms with Crippen molar-refractivity contribution < 1.29 is 9.53 Å². The number of nitrogens with zero attached hydrogens (tertiary/aromatic N) is 3. The van der Waals surface area contributed by atoms with E-state index in [0.29, 0.717) is 10.1 Å². The Morgan fingerprint density at radius 3 is 2.80 bits per heavy atom. The number of nitrogens with one attached hydrogen (secondary N) is 1. The summed E-state index contributed by atoms with van der Waals surface area (Å²) in [4.78, 5) is 13.0. The van der Waals surface area contributed by atoms with Gasteiger partial charge in [0.2, 0.25) is 5.13 Å². The largest absolute Gasteiger partial charge is 0.486 e. The van der Waals surface area contributed by atoms with Crippen LogP contribution in [0, 0.1) is 11.3 Å². The highest BCUT2D eigenvalue weighted by Gasteiger charge is 2.13. The number of para-hydroxylation sites is 1. The van der Waals surface area contributed by atoms with Crippen LogP contribution in [0.15, 0.2) is 53.4 Å². The number of carbonyl (C=O) groups is 1. The Morgan fingerprint density at radius 2 is 2.08 bits per heavy atom. The molecule has 0 unspecified atom stereocenters. The summed E-state index contributed by atoms with van der Waals surface area (Å²) in [7, 11) is 0. The number of rotatable bonds is 6. The first-order chi connectivity index (χ1) is 12.2. The van der Waals surface area contributed by atoms with Gasteiger partial charge in [0, 0.05) is 4.88 Å². The van der Waals surface area contributed by atoms with Gasteiger partial charge in [-0.2, -0.15) is 5.26 Å². The highest BCUT2D eigenvalue weighted by molar-refractivity contribution is 7.15. The van der Waals surface area contributed by atoms with Crippen LogP contribution >= 0.6 is 22.7 Å². The lowest BCUT2D eigenvalue weighted by Crippen LogP contribution is -2.13. The summed E-state index contributed by atoms with van der Waals surface area (Å²) < 4.78 is 5.58. The van der Waals surface area contributed by atoms with E-state index in [1.54, 1.807) is 6.08 Å². The van der Waals surface area contributed by atoms with E-state index >= 15 is 0 Å². The first kappa shape index (κ1) is 16.8. The summed E-state index contributed by atoms with van der Waals surface area (Å²) in [6.45, 7) is 0.258. The average molecular weight is 368 g/mol. The molecule has 0 fully saturated rings. The fourth-order valence-corrected chi connectivity index (χ4v) is 3.16. The Bertz CT molecular complexity index is 912. The Hall–Kier alpha value is -3.02. The fourth-order valence-electron chi connectivity index (χ4n) is 1.85. The van der Waals surface area contributed by atoms with Gasteiger partial charge in [-0.05, 0) is 29.7 Å². The SMILES string of the molecule is N#C/C(=C/c1cccs1)C(=O)Nc1nnc(COc2ccccc2)s1. The molecule has 6 nitrogen and oxygen atoms in total. The Labute approximate surface area is 152 Å². The molecule has 1 aromatic carbocycles. The highest BCUT2D eigenvalue weighted by Crippen LogP contribution is 2.19. The maximum atomic E-state index is 12.2. The van der Waals surface area contributed by atoms with Crippen LogP contribution in [0.25, 0.3) is 6.08 Å². The van der Waals surface area contributed by atoms with Gasteiger partial charge in [-0.25, -0.2) is 0 Å². The van der Waals surface area contributed by atoms with Crippen molar-refractivity contribution in [3.63, 3.8) is 0 Å². The standard InChI is InChI=1S/C17H12N4O2S2/c18-10-12(9-14-7-4-8-24-14)16(22)19-17-21-20-15(25-17)11-23-13-5-2-1-3-6-13/h1-9H,11H2,(H,19,21,22)/b12-9-. The predicted molar refractivity (Wildman–Crippen MR) is 97.2 cm³/mol. The Balaban J connectivity index is 1.60. The molecule has 0 saturated heterocycles. The van der Waals surface area contributed by atoms with Gasteiger partial charge in [0.15, 0.2) is 5.01 Å². The van der Waals surface area contributed by atoms with E-state index in [1.165, 1.54) is 22.7 Å². The number of benzene rings is 1. The summed E-state index contributed by atoms with van der Waals surface area (Å²) in [6, 6.07) is 14.9. The van der Waals surface area contributed by atoms with Gasteiger partial charge in [-0.1, -0.05) is 35.6 Å². The van der Waals surface area contributed by atoms with E-state index in [9.17, 15) is 4.79 Å². The van der Waals surface area contributed by atoms with Crippen molar-refractivity contribution in [2.75, 3.05) is 5.32 Å². The van der Waals surface area contributed by atoms with Crippen molar-refractivity contribution in [3.8, 4) is 11.8 Å². The van der Waals surface area contributed by atoms with Crippen LogP contribution in [0.1, 0.15) is 9.88 Å². The normalized spacial score (nSPS) is 10.9. The molecule has 0 aliphatic heterocycles. The molecule has 1 N–H and O–H groups in total. The molecule has 0 atom stereocenters. The van der Waals surface area contributed by atoms with Gasteiger partial charge >= 0.3 is 0 Å². The smallest absolute Gasteiger partial charge is 0.268 e. The van der Waals surface area contributed by atoms with Crippen LogP contribution in [0.4, 0.5) is 5.13 Å². The van der Waals surface area contributed by atoms with Crippen LogP contribution in [0.2, 0.25) is 0 Å². The van der Waals surface area contributed by atoms with Crippen molar-refractivity contribution in [2.24, 2.45) is 0 Å². The van der Waals surface area contributed by atoms with Gasteiger partial charge in [-0.15, -0.1) is 21.5 Å². The topological polar surface area (TPSA) is 87.9 Å². The molecule has 3 aromatic rings. The lowest BCUT2D eigenvalue weighted by molar-refractivity contribution is -0.112. The summed E-state index contributed by atoms with van der Waals surface area (Å²) in [5.74, 6) is 0.219. The number of aromatic nitrogens is 2. The van der Waals surface area contributed by atoms with Gasteiger partial charge in [0.1, 0.15) is 24.0 Å². The number of hydrogen-bond donors (Lipinski definition) is 1. The molecule has 0 radical (unpaired) electrons. The minimum Gasteiger partial charge on any atom is -0.486 e. The zero-order valence-corrected chi connectivity index (χ0v) is 14.5. The molecular weight excluding hydrogens is 356 g/mol. The molecule has 0 aliphatic rings. The molecule has 1 amide bonds. The number of ether oxygens (including phenoxy) is 1. The molecule has 0 spiro atoms. The minimum atomic E-state index is -0.512. The predicted octanol–water partition coefficient (Wildman–Crippen LogP) is 3.72. The fraction of sp³-hybridized carbons (Fsp3) is 0.0588. The maximum Gasteiger partial charge on any atom is 0.268 e. The lowest BCUT2D eigenvalue weighted by Gasteiger charge is -2.02. The summed E-state index contributed by atoms with van der Waals surface area (Å²) in [6.07, 6.45) is 1.54. The molecule has 8 heteroatoms. The average Bonchev–Trinajstić information content (AvgIpc) is 3.30. The highest BCUT2D eigenvalue weighted by atomic mass is 32.1. The maximum absolute atomic E-state index is 12.2. The minimum absolute atomic E-state index is 0.0136. The van der Waals surface area contributed by atoms with Gasteiger partial charge in [0.05, 0.1) is 0 Å². The summed E-state index contributed by atoms with van der Waals surface area (Å²) >= 11 is 2.65. The Kier molecular flexibility index (Phi) is 5.51. The summed E-state index contributed by atoms with van der Waals surface area (Å²) in [5.41, 5.74) is 0.0136. The monoisotopic (exact) mass is 368 g/mol. The third kappa shape index (κ3) is 4.73. The molecule has 124 valence electrons. The zero-order valence-electron chi connectivity index (χ0n) is 12.9. The number of carbonyl (C=O) groups excluding carboxylic acids is 1. The molecule has 2 heterocycles. The molecule has 3 rings (SSSR count).